The van der Waals surface area contributed by atoms with Gasteiger partial charge in [0.25, 0.3) is 5.91 Å². The molecule has 0 bridgehead atoms. The van der Waals surface area contributed by atoms with Crippen LogP contribution in [0.25, 0.3) is 0 Å². The number of likely N-dealkylation sites (N-methyl/N-ethyl adjacent to an activating group) is 1. The Balaban J connectivity index is 3.84. The molecule has 4 N–H and O–H groups in total. The second kappa shape index (κ2) is 5.40. The predicted octanol–water partition coefficient (Wildman–Crippen LogP) is -1.68. The third kappa shape index (κ3) is 4.23. The maximum Gasteiger partial charge on any atom is 0.327 e. The number of nitrogens with one attached hydrogen (secondary N) is 1. The Kier molecular flexibility index (Phi) is 5.27. The van der Waals surface area contributed by atoms with Crippen LogP contribution in [0.15, 0.2) is 0 Å². The fraction of sp³-hybridized carbons (Fsp3) is 0.750. The normalized spacial score (nSPS) is 13.2. The zero-order valence-corrected chi connectivity index (χ0v) is 6.78. The third-order valence-corrected chi connectivity index (χ3v) is 1.37. The molecule has 1 atom stereocenters. The largest absolute Gasteiger partial charge is 0.393 e. The summed E-state index contributed by atoms with van der Waals surface area (Å²) in [5, 5.41) is 10.7. The van der Waals surface area contributed by atoms with Gasteiger partial charge in [0, 0.05) is 7.05 Å². The summed E-state index contributed by atoms with van der Waals surface area (Å²) < 4.78 is 4.27. The van der Waals surface area contributed by atoms with Gasteiger partial charge in [-0.15, -0.1) is 0 Å². The highest BCUT2D eigenvalue weighted by atomic mass is 31.2. The molecule has 0 saturated carbocycles. The summed E-state index contributed by atoms with van der Waals surface area (Å²) in [4.78, 5) is 27.3. The average molecular weight is 183 g/mol. The highest BCUT2D eigenvalue weighted by Gasteiger charge is 2.19. The fourth-order valence-corrected chi connectivity index (χ4v) is 0.829. The van der Waals surface area contributed by atoms with Gasteiger partial charge in [-0.3, -0.25) is 9.32 Å². The zero-order valence-electron chi connectivity index (χ0n) is 5.89. The first-order valence-corrected chi connectivity index (χ1v) is 3.95. The molecule has 1 unspecified atom stereocenters. The highest BCUT2D eigenvalue weighted by Crippen LogP contribution is 2.26. The first-order valence-electron chi connectivity index (χ1n) is 2.79. The summed E-state index contributed by atoms with van der Waals surface area (Å²) in [5.41, 5.74) is 0. The number of aliphatic hydroxyl groups excluding tert-OH is 1. The van der Waals surface area contributed by atoms with Crippen LogP contribution in [0.4, 0.5) is 0 Å². The van der Waals surface area contributed by atoms with E-state index in [4.69, 9.17) is 14.9 Å². The van der Waals surface area contributed by atoms with E-state index in [0.29, 0.717) is 0 Å². The van der Waals surface area contributed by atoms with E-state index in [2.05, 4.69) is 9.84 Å². The van der Waals surface area contributed by atoms with Crippen molar-refractivity contribution in [2.45, 2.75) is 6.10 Å². The number of aliphatic hydroxyl groups is 1. The van der Waals surface area contributed by atoms with Crippen LogP contribution in [0.2, 0.25) is 0 Å². The van der Waals surface area contributed by atoms with E-state index in [1.54, 1.807) is 0 Å². The molecule has 0 aliphatic carbocycles. The Bertz CT molecular complexity index is 130. The lowest BCUT2D eigenvalue weighted by atomic mass is 10.4. The van der Waals surface area contributed by atoms with Crippen LogP contribution in [0.3, 0.4) is 0 Å². The minimum absolute atomic E-state index is 0.584. The molecule has 0 aromatic heterocycles. The first kappa shape index (κ1) is 10.7. The molecule has 1 amide bonds. The zero-order chi connectivity index (χ0) is 8.85. The summed E-state index contributed by atoms with van der Waals surface area (Å²) in [5.74, 6) is -0.594. The predicted molar refractivity (Wildman–Crippen MR) is 37.4 cm³/mol. The molecule has 66 valence electrons. The van der Waals surface area contributed by atoms with Crippen LogP contribution in [-0.4, -0.2) is 40.6 Å². The van der Waals surface area contributed by atoms with Crippen molar-refractivity contribution in [2.75, 3.05) is 13.7 Å². The topological polar surface area (TPSA) is 99.0 Å². The maximum atomic E-state index is 10.7. The Labute approximate surface area is 64.8 Å². The molecule has 0 rings (SSSR count). The molecule has 0 saturated heterocycles. The molecule has 0 aliphatic rings. The quantitative estimate of drug-likeness (QED) is 0.390. The fourth-order valence-electron chi connectivity index (χ4n) is 0.439. The van der Waals surface area contributed by atoms with E-state index in [0.717, 1.165) is 0 Å². The number of rotatable bonds is 4. The van der Waals surface area contributed by atoms with Gasteiger partial charge in [-0.25, -0.2) is 0 Å². The molecule has 0 spiro atoms. The third-order valence-electron chi connectivity index (χ3n) is 0.926. The molecule has 0 aliphatic heterocycles. The number of hydrogen-bond acceptors (Lipinski definition) is 5. The smallest absolute Gasteiger partial charge is 0.327 e. The molecular formula is C4H10NO5P. The molecule has 0 fully saturated rings. The van der Waals surface area contributed by atoms with Crippen molar-refractivity contribution in [3.05, 3.63) is 0 Å². The van der Waals surface area contributed by atoms with Crippen LogP contribution >= 0.6 is 8.60 Å². The van der Waals surface area contributed by atoms with Crippen molar-refractivity contribution in [1.29, 1.82) is 0 Å². The Morgan fingerprint density at radius 2 is 2.27 bits per heavy atom. The van der Waals surface area contributed by atoms with Crippen LogP contribution in [0.1, 0.15) is 0 Å². The monoisotopic (exact) mass is 183 g/mol. The minimum atomic E-state index is -2.60. The Hall–Kier alpha value is -0.260. The summed E-state index contributed by atoms with van der Waals surface area (Å²) in [6, 6.07) is 0. The summed E-state index contributed by atoms with van der Waals surface area (Å²) in [7, 11) is -1.25. The number of hydrogen-bond donors (Lipinski definition) is 4. The molecule has 0 aromatic rings. The number of amides is 1. The summed E-state index contributed by atoms with van der Waals surface area (Å²) in [6.45, 7) is -0.584. The highest BCUT2D eigenvalue weighted by molar-refractivity contribution is 7.39. The summed E-state index contributed by atoms with van der Waals surface area (Å²) in [6.07, 6.45) is -1.21. The van der Waals surface area contributed by atoms with E-state index < -0.39 is 27.2 Å². The Morgan fingerprint density at radius 3 is 2.55 bits per heavy atom. The van der Waals surface area contributed by atoms with Crippen LogP contribution in [-0.2, 0) is 9.32 Å². The lowest BCUT2D eigenvalue weighted by Gasteiger charge is -2.12. The second-order valence-corrected chi connectivity index (χ2v) is 2.36. The molecule has 0 heterocycles. The van der Waals surface area contributed by atoms with Gasteiger partial charge in [-0.2, -0.15) is 0 Å². The van der Waals surface area contributed by atoms with Crippen LogP contribution in [0.5, 0.6) is 0 Å². The average Bonchev–Trinajstić information content (AvgIpc) is 1.98. The molecular weight excluding hydrogens is 173 g/mol. The van der Waals surface area contributed by atoms with Crippen molar-refractivity contribution >= 4 is 14.5 Å². The molecule has 7 heteroatoms. The van der Waals surface area contributed by atoms with Crippen LogP contribution in [0, 0.1) is 0 Å². The second-order valence-electron chi connectivity index (χ2n) is 1.64. The van der Waals surface area contributed by atoms with Crippen molar-refractivity contribution in [2.24, 2.45) is 0 Å². The lowest BCUT2D eigenvalue weighted by Crippen LogP contribution is -2.35. The van der Waals surface area contributed by atoms with E-state index in [1.165, 1.54) is 7.05 Å². The SMILES string of the molecule is CNC(=O)C(CO)OP(O)O. The van der Waals surface area contributed by atoms with Gasteiger partial charge in [0.15, 0.2) is 6.10 Å². The number of carbonyl (C=O) groups excluding carboxylic acids is 1. The first-order chi connectivity index (χ1) is 5.11. The minimum Gasteiger partial charge on any atom is -0.393 e. The van der Waals surface area contributed by atoms with Gasteiger partial charge in [0.2, 0.25) is 0 Å². The van der Waals surface area contributed by atoms with Crippen molar-refractivity contribution < 1.29 is 24.2 Å². The van der Waals surface area contributed by atoms with E-state index in [1.807, 2.05) is 0 Å². The van der Waals surface area contributed by atoms with Gasteiger partial charge in [0.05, 0.1) is 6.61 Å². The summed E-state index contributed by atoms with van der Waals surface area (Å²) >= 11 is 0. The van der Waals surface area contributed by atoms with Gasteiger partial charge >= 0.3 is 8.60 Å². The standard InChI is InChI=1S/C4H10NO5P/c1-5-4(7)3(2-6)10-11(8)9/h3,6,8-9H,2H2,1H3,(H,5,7). The Morgan fingerprint density at radius 1 is 1.73 bits per heavy atom. The van der Waals surface area contributed by atoms with E-state index in [-0.39, 0.29) is 0 Å². The molecule has 0 radical (unpaired) electrons. The van der Waals surface area contributed by atoms with Gasteiger partial charge in [0.1, 0.15) is 0 Å². The van der Waals surface area contributed by atoms with Crippen molar-refractivity contribution in [3.63, 3.8) is 0 Å². The van der Waals surface area contributed by atoms with Crippen LogP contribution < -0.4 is 5.32 Å². The van der Waals surface area contributed by atoms with Crippen molar-refractivity contribution in [1.82, 2.24) is 5.32 Å². The van der Waals surface area contributed by atoms with Crippen molar-refractivity contribution in [3.8, 4) is 0 Å². The molecule has 11 heavy (non-hydrogen) atoms. The number of carbonyl (C=O) groups is 1. The maximum absolute atomic E-state index is 10.7. The van der Waals surface area contributed by atoms with E-state index >= 15 is 0 Å². The molecule has 6 nitrogen and oxygen atoms in total. The molecule has 0 aromatic carbocycles. The lowest BCUT2D eigenvalue weighted by molar-refractivity contribution is -0.129. The van der Waals surface area contributed by atoms with Gasteiger partial charge < -0.3 is 20.2 Å². The van der Waals surface area contributed by atoms with Gasteiger partial charge in [-0.1, -0.05) is 0 Å². The van der Waals surface area contributed by atoms with Gasteiger partial charge in [-0.05, 0) is 0 Å². The van der Waals surface area contributed by atoms with E-state index in [9.17, 15) is 4.79 Å².